The fourth-order valence-corrected chi connectivity index (χ4v) is 8.70. The minimum absolute atomic E-state index is 0. The summed E-state index contributed by atoms with van der Waals surface area (Å²) in [6, 6.07) is 56.1. The Labute approximate surface area is 415 Å². The summed E-state index contributed by atoms with van der Waals surface area (Å²) in [6.45, 7) is 14.9. The van der Waals surface area contributed by atoms with Crippen LogP contribution in [0.15, 0.2) is 169 Å². The first-order valence-corrected chi connectivity index (χ1v) is 21.3. The van der Waals surface area contributed by atoms with Gasteiger partial charge in [0, 0.05) is 58.6 Å². The molecule has 0 amide bonds. The van der Waals surface area contributed by atoms with Crippen molar-refractivity contribution >= 4 is 33.2 Å². The molecule has 0 aliphatic heterocycles. The van der Waals surface area contributed by atoms with Gasteiger partial charge in [-0.15, -0.1) is 58.7 Å². The Balaban J connectivity index is 0.000000189. The number of benzene rings is 6. The molecule has 0 atom stereocenters. The second-order valence-corrected chi connectivity index (χ2v) is 17.3. The molecule has 2 heterocycles. The Morgan fingerprint density at radius 3 is 1.53 bits per heavy atom. The van der Waals surface area contributed by atoms with E-state index >= 15 is 0 Å². The van der Waals surface area contributed by atoms with Crippen molar-refractivity contribution in [2.24, 2.45) is 0 Å². The molecule has 0 saturated carbocycles. The summed E-state index contributed by atoms with van der Waals surface area (Å²) in [4.78, 5) is 29.5. The molecule has 0 fully saturated rings. The predicted molar refractivity (Wildman–Crippen MR) is 261 cm³/mol. The first-order chi connectivity index (χ1) is 30.6. The first-order valence-electron chi connectivity index (χ1n) is 21.3. The van der Waals surface area contributed by atoms with Crippen molar-refractivity contribution in [2.45, 2.75) is 66.2 Å². The van der Waals surface area contributed by atoms with Gasteiger partial charge in [0.2, 0.25) is 0 Å². The summed E-state index contributed by atoms with van der Waals surface area (Å²) >= 11 is 0. The van der Waals surface area contributed by atoms with Crippen molar-refractivity contribution in [3.8, 4) is 44.8 Å². The van der Waals surface area contributed by atoms with Crippen LogP contribution in [0, 0.1) is 12.1 Å². The van der Waals surface area contributed by atoms with Gasteiger partial charge in [0.1, 0.15) is 0 Å². The van der Waals surface area contributed by atoms with Crippen LogP contribution in [0.3, 0.4) is 0 Å². The number of aliphatic hydroxyl groups is 2. The van der Waals surface area contributed by atoms with Crippen molar-refractivity contribution in [2.75, 3.05) is 0 Å². The van der Waals surface area contributed by atoms with Crippen LogP contribution in [0.1, 0.15) is 77.6 Å². The Kier molecular flexibility index (Phi) is 16.5. The van der Waals surface area contributed by atoms with Gasteiger partial charge in [-0.1, -0.05) is 153 Å². The number of aromatic nitrogens is 2. The molecule has 2 aliphatic carbocycles. The van der Waals surface area contributed by atoms with Crippen molar-refractivity contribution in [1.82, 2.24) is 9.97 Å². The molecule has 0 unspecified atom stereocenters. The van der Waals surface area contributed by atoms with E-state index in [4.69, 9.17) is 15.2 Å². The fraction of sp³-hybridized carbons (Fsp3) is 0.172. The predicted octanol–water partition coefficient (Wildman–Crippen LogP) is 14.1. The molecule has 338 valence electrons. The zero-order valence-corrected chi connectivity index (χ0v) is 43.1. The van der Waals surface area contributed by atoms with E-state index in [9.17, 15) is 9.59 Å². The third-order valence-electron chi connectivity index (χ3n) is 11.7. The average molecular weight is 1230 g/mol. The summed E-state index contributed by atoms with van der Waals surface area (Å²) in [6.07, 6.45) is 4.22. The molecular weight excluding hydrogens is 1170 g/mol. The number of allylic oxidation sites excluding steroid dienone is 4. The van der Waals surface area contributed by atoms with Crippen LogP contribution in [0.4, 0.5) is 0 Å². The maximum Gasteiger partial charge on any atom is 0.155 e. The Bertz CT molecular complexity index is 3080. The first kappa shape index (κ1) is 50.9. The zero-order valence-electron chi connectivity index (χ0n) is 38.3. The van der Waals surface area contributed by atoms with E-state index in [0.29, 0.717) is 0 Å². The number of carbonyl (C=O) groups is 2. The van der Waals surface area contributed by atoms with Crippen LogP contribution in [0.25, 0.3) is 66.4 Å². The van der Waals surface area contributed by atoms with Gasteiger partial charge in [0.15, 0.2) is 11.6 Å². The molecule has 8 aromatic rings. The molecule has 6 aromatic carbocycles. The molecule has 6 nitrogen and oxygen atoms in total. The van der Waals surface area contributed by atoms with E-state index in [-0.39, 0.29) is 74.1 Å². The van der Waals surface area contributed by atoms with E-state index in [1.165, 1.54) is 101 Å². The maximum atomic E-state index is 10.0. The Hall–Kier alpha value is -6.14. The number of nitrogens with zero attached hydrogens (tertiary/aromatic N) is 2. The third-order valence-corrected chi connectivity index (χ3v) is 11.7. The van der Waals surface area contributed by atoms with Crippen LogP contribution in [0.2, 0.25) is 0 Å². The van der Waals surface area contributed by atoms with E-state index < -0.39 is 0 Å². The van der Waals surface area contributed by atoms with Crippen molar-refractivity contribution < 1.29 is 60.0 Å². The van der Waals surface area contributed by atoms with Crippen LogP contribution >= 0.6 is 0 Å². The maximum absolute atomic E-state index is 10.0. The molecule has 2 radical (unpaired) electrons. The minimum Gasteiger partial charge on any atom is -0.512 e. The van der Waals surface area contributed by atoms with Crippen molar-refractivity contribution in [1.29, 1.82) is 0 Å². The summed E-state index contributed by atoms with van der Waals surface area (Å²) in [5.41, 5.74) is 15.9. The molecule has 0 bridgehead atoms. The largest absolute Gasteiger partial charge is 0.512 e. The number of pyridine rings is 2. The molecular formula is C58H52Ir2N2O4-2. The second kappa shape index (κ2) is 21.4. The van der Waals surface area contributed by atoms with Gasteiger partial charge in [0.25, 0.3) is 0 Å². The zero-order chi connectivity index (χ0) is 45.8. The van der Waals surface area contributed by atoms with E-state index in [1.54, 1.807) is 0 Å². The van der Waals surface area contributed by atoms with Gasteiger partial charge < -0.3 is 15.2 Å². The molecule has 0 saturated heterocycles. The molecule has 66 heavy (non-hydrogen) atoms. The topological polar surface area (TPSA) is 100 Å². The molecule has 10 rings (SSSR count). The normalized spacial score (nSPS) is 13.3. The standard InChI is InChI=1S/2C24H18N.2C5H8O2.2Ir/c1-24(2)20-9-5-4-8-18(20)19-13-11-17(15-21(19)24)23-14-12-16-7-3-6-10-22(16)25-23;1-24(2)21-10-6-5-9-19(21)20-12-11-17(15-22(20)24)23-18-8-4-3-7-16(18)13-14-25-23;2*1-4(6)3-5(2)7;;/h2*3-10,12-15H,1-2H3;2*3,6H,1-2H3;;/q2*-1;;;;. The van der Waals surface area contributed by atoms with Gasteiger partial charge >= 0.3 is 0 Å². The third kappa shape index (κ3) is 10.9. The monoisotopic (exact) mass is 1230 g/mol. The van der Waals surface area contributed by atoms with Gasteiger partial charge in [-0.3, -0.25) is 14.6 Å². The summed E-state index contributed by atoms with van der Waals surface area (Å²) < 4.78 is 0. The van der Waals surface area contributed by atoms with Crippen LogP contribution in [-0.4, -0.2) is 31.7 Å². The Morgan fingerprint density at radius 1 is 0.530 bits per heavy atom. The van der Waals surface area contributed by atoms with Crippen LogP contribution in [-0.2, 0) is 60.6 Å². The average Bonchev–Trinajstić information content (AvgIpc) is 3.64. The number of hydrogen-bond donors (Lipinski definition) is 2. The van der Waals surface area contributed by atoms with Gasteiger partial charge in [-0.2, -0.15) is 0 Å². The van der Waals surface area contributed by atoms with Crippen LogP contribution < -0.4 is 0 Å². The van der Waals surface area contributed by atoms with Crippen molar-refractivity contribution in [3.63, 3.8) is 0 Å². The van der Waals surface area contributed by atoms with Crippen LogP contribution in [0.5, 0.6) is 0 Å². The smallest absolute Gasteiger partial charge is 0.155 e. The number of rotatable bonds is 4. The molecule has 2 N–H and O–H groups in total. The SMILES string of the molecule is CC(=O)C=C(C)O.CC(=O)C=C(C)O.CC1(C)c2ccccc2-c2c[c-]c(-c3ccc4ccccc4n3)cc21.CC1(C)c2ccccc2-c2c[c-]c(-c3nccc4ccccc34)cc21.[Ir].[Ir]. The van der Waals surface area contributed by atoms with Gasteiger partial charge in [-0.25, -0.2) is 0 Å². The fourth-order valence-electron chi connectivity index (χ4n) is 8.70. The molecule has 2 aliphatic rings. The second-order valence-electron chi connectivity index (χ2n) is 17.3. The molecule has 8 heteroatoms. The summed E-state index contributed by atoms with van der Waals surface area (Å²) in [7, 11) is 0. The number of fused-ring (bicyclic) bond motifs is 8. The minimum atomic E-state index is -0.125. The number of aliphatic hydroxyl groups excluding tert-OH is 2. The van der Waals surface area contributed by atoms with E-state index in [0.717, 1.165) is 28.0 Å². The Morgan fingerprint density at radius 2 is 1.00 bits per heavy atom. The number of carbonyl (C=O) groups excluding carboxylic acids is 2. The summed E-state index contributed by atoms with van der Waals surface area (Å²) in [5, 5.41) is 20.3. The number of para-hydroxylation sites is 1. The van der Waals surface area contributed by atoms with Crippen molar-refractivity contribution in [3.05, 3.63) is 204 Å². The molecule has 2 aromatic heterocycles. The number of ketones is 2. The van der Waals surface area contributed by atoms with E-state index in [2.05, 4.69) is 172 Å². The number of hydrogen-bond acceptors (Lipinski definition) is 6. The quantitative estimate of drug-likeness (QED) is 0.103. The molecule has 0 spiro atoms. The van der Waals surface area contributed by atoms with Gasteiger partial charge in [-0.05, 0) is 89.3 Å². The summed E-state index contributed by atoms with van der Waals surface area (Å²) in [5.74, 6) is -0.125. The van der Waals surface area contributed by atoms with Gasteiger partial charge in [0.05, 0.1) is 17.0 Å². The van der Waals surface area contributed by atoms with E-state index in [1.807, 2.05) is 18.3 Å².